The zero-order valence-corrected chi connectivity index (χ0v) is 11.7. The summed E-state index contributed by atoms with van der Waals surface area (Å²) >= 11 is 13.6. The Kier molecular flexibility index (Phi) is 2.97. The molecule has 0 aliphatic heterocycles. The van der Waals surface area contributed by atoms with E-state index < -0.39 is 0 Å². The molecule has 3 aromatic heterocycles. The van der Waals surface area contributed by atoms with Gasteiger partial charge >= 0.3 is 0 Å². The van der Waals surface area contributed by atoms with Crippen molar-refractivity contribution in [1.82, 2.24) is 19.7 Å². The zero-order chi connectivity index (χ0) is 12.7. The monoisotopic (exact) mass is 298 g/mol. The summed E-state index contributed by atoms with van der Waals surface area (Å²) in [5.41, 5.74) is 0.891. The second-order valence-corrected chi connectivity index (χ2v) is 5.47. The van der Waals surface area contributed by atoms with Gasteiger partial charge in [-0.2, -0.15) is 5.10 Å². The fourth-order valence-corrected chi connectivity index (χ4v) is 2.88. The van der Waals surface area contributed by atoms with Gasteiger partial charge in [-0.25, -0.2) is 9.97 Å². The third-order valence-corrected chi connectivity index (χ3v) is 4.13. The normalized spacial score (nSPS) is 11.3. The molecule has 0 unspecified atom stereocenters. The van der Waals surface area contributed by atoms with Crippen LogP contribution in [0.5, 0.6) is 0 Å². The molecule has 0 aliphatic rings. The molecule has 0 radical (unpaired) electrons. The highest BCUT2D eigenvalue weighted by Crippen LogP contribution is 2.25. The molecular formula is C11H8Cl2N4S. The Morgan fingerprint density at radius 2 is 2.17 bits per heavy atom. The van der Waals surface area contributed by atoms with Crippen molar-refractivity contribution < 1.29 is 0 Å². The van der Waals surface area contributed by atoms with E-state index in [1.165, 1.54) is 0 Å². The van der Waals surface area contributed by atoms with Crippen LogP contribution in [0.15, 0.2) is 17.6 Å². The first-order valence-electron chi connectivity index (χ1n) is 5.22. The van der Waals surface area contributed by atoms with E-state index in [1.807, 2.05) is 18.4 Å². The third kappa shape index (κ3) is 1.98. The van der Waals surface area contributed by atoms with E-state index in [1.54, 1.807) is 22.2 Å². The number of rotatable bonds is 2. The van der Waals surface area contributed by atoms with Crippen molar-refractivity contribution in [3.63, 3.8) is 0 Å². The van der Waals surface area contributed by atoms with Gasteiger partial charge in [-0.05, 0) is 18.4 Å². The van der Waals surface area contributed by atoms with E-state index in [0.717, 1.165) is 15.9 Å². The maximum atomic E-state index is 6.11. The molecule has 3 heterocycles. The van der Waals surface area contributed by atoms with Crippen molar-refractivity contribution in [3.8, 4) is 0 Å². The third-order valence-electron chi connectivity index (χ3n) is 2.66. The highest BCUT2D eigenvalue weighted by Gasteiger charge is 2.10. The Hall–Kier alpha value is -1.17. The van der Waals surface area contributed by atoms with E-state index in [2.05, 4.69) is 15.1 Å². The smallest absolute Gasteiger partial charge is 0.153 e. The predicted octanol–water partition coefficient (Wildman–Crippen LogP) is 3.55. The van der Waals surface area contributed by atoms with Crippen molar-refractivity contribution in [2.24, 2.45) is 0 Å². The molecule has 0 fully saturated rings. The lowest BCUT2D eigenvalue weighted by Crippen LogP contribution is -2.07. The minimum atomic E-state index is 0.464. The fraction of sp³-hybridized carbons (Fsp3) is 0.182. The first-order valence-corrected chi connectivity index (χ1v) is 6.86. The number of nitrogens with zero attached hydrogens (tertiary/aromatic N) is 4. The highest BCUT2D eigenvalue weighted by atomic mass is 35.5. The molecule has 3 aromatic rings. The Morgan fingerprint density at radius 3 is 2.89 bits per heavy atom. The molecule has 0 saturated heterocycles. The second kappa shape index (κ2) is 4.50. The maximum Gasteiger partial charge on any atom is 0.153 e. The van der Waals surface area contributed by atoms with Gasteiger partial charge in [-0.1, -0.05) is 23.2 Å². The summed E-state index contributed by atoms with van der Waals surface area (Å²) in [5.74, 6) is 0.637. The van der Waals surface area contributed by atoms with Gasteiger partial charge in [0.25, 0.3) is 0 Å². The average Bonchev–Trinajstić information content (AvgIpc) is 2.91. The lowest BCUT2D eigenvalue weighted by atomic mass is 10.4. The fourth-order valence-electron chi connectivity index (χ4n) is 1.65. The van der Waals surface area contributed by atoms with Crippen molar-refractivity contribution in [2.45, 2.75) is 13.5 Å². The van der Waals surface area contributed by atoms with E-state index >= 15 is 0 Å². The van der Waals surface area contributed by atoms with Crippen LogP contribution in [-0.2, 0) is 6.54 Å². The van der Waals surface area contributed by atoms with E-state index in [-0.39, 0.29) is 0 Å². The molecule has 0 amide bonds. The summed E-state index contributed by atoms with van der Waals surface area (Å²) in [5, 5.41) is 8.13. The number of aromatic nitrogens is 4. The molecule has 3 rings (SSSR count). The van der Waals surface area contributed by atoms with Crippen molar-refractivity contribution in [1.29, 1.82) is 0 Å². The van der Waals surface area contributed by atoms with Crippen molar-refractivity contribution in [2.75, 3.05) is 0 Å². The molecule has 0 spiro atoms. The number of hydrogen-bond acceptors (Lipinski definition) is 4. The molecule has 0 aliphatic carbocycles. The summed E-state index contributed by atoms with van der Waals surface area (Å²) in [6.45, 7) is 2.37. The van der Waals surface area contributed by atoms with Crippen LogP contribution >= 0.6 is 34.5 Å². The molecule has 0 aromatic carbocycles. The van der Waals surface area contributed by atoms with E-state index in [4.69, 9.17) is 23.2 Å². The Morgan fingerprint density at radius 1 is 1.33 bits per heavy atom. The number of hydrogen-bond donors (Lipinski definition) is 0. The molecule has 4 nitrogen and oxygen atoms in total. The van der Waals surface area contributed by atoms with Crippen LogP contribution in [0, 0.1) is 6.92 Å². The SMILES string of the molecule is Cc1c(Cl)cnn1Cc1nc(Cl)c2ccsc2n1. The van der Waals surface area contributed by atoms with Gasteiger partial charge in [-0.15, -0.1) is 11.3 Å². The second-order valence-electron chi connectivity index (χ2n) is 3.81. The molecule has 92 valence electrons. The molecule has 0 saturated carbocycles. The summed E-state index contributed by atoms with van der Waals surface area (Å²) < 4.78 is 1.76. The Bertz CT molecular complexity index is 719. The molecule has 18 heavy (non-hydrogen) atoms. The number of thiophene rings is 1. The summed E-state index contributed by atoms with van der Waals surface area (Å²) in [4.78, 5) is 9.63. The van der Waals surface area contributed by atoms with Gasteiger partial charge in [0, 0.05) is 5.39 Å². The zero-order valence-electron chi connectivity index (χ0n) is 9.39. The van der Waals surface area contributed by atoms with Gasteiger partial charge in [0.2, 0.25) is 0 Å². The summed E-state index contributed by atoms with van der Waals surface area (Å²) in [6.07, 6.45) is 1.61. The largest absolute Gasteiger partial charge is 0.261 e. The lowest BCUT2D eigenvalue weighted by molar-refractivity contribution is 0.639. The Balaban J connectivity index is 2.02. The first kappa shape index (κ1) is 11.9. The van der Waals surface area contributed by atoms with Gasteiger partial charge in [0.1, 0.15) is 16.5 Å². The maximum absolute atomic E-state index is 6.11. The molecular weight excluding hydrogens is 291 g/mol. The number of halogens is 2. The standard InChI is InChI=1S/C11H8Cl2N4S/c1-6-8(12)4-14-17(6)5-9-15-10(13)7-2-3-18-11(7)16-9/h2-4H,5H2,1H3. The Labute approximate surface area is 117 Å². The van der Waals surface area contributed by atoms with Crippen LogP contribution in [0.1, 0.15) is 11.5 Å². The summed E-state index contributed by atoms with van der Waals surface area (Å²) in [6, 6.07) is 1.92. The van der Waals surface area contributed by atoms with E-state index in [0.29, 0.717) is 22.5 Å². The van der Waals surface area contributed by atoms with Crippen LogP contribution in [0.4, 0.5) is 0 Å². The van der Waals surface area contributed by atoms with Crippen LogP contribution in [0.2, 0.25) is 10.2 Å². The highest BCUT2D eigenvalue weighted by molar-refractivity contribution is 7.16. The van der Waals surface area contributed by atoms with Crippen LogP contribution < -0.4 is 0 Å². The molecule has 7 heteroatoms. The van der Waals surface area contributed by atoms with E-state index in [9.17, 15) is 0 Å². The van der Waals surface area contributed by atoms with Gasteiger partial charge in [0.05, 0.1) is 16.9 Å². The summed E-state index contributed by atoms with van der Waals surface area (Å²) in [7, 11) is 0. The average molecular weight is 299 g/mol. The minimum absolute atomic E-state index is 0.464. The molecule has 0 atom stereocenters. The lowest BCUT2D eigenvalue weighted by Gasteiger charge is -2.04. The molecule has 0 bridgehead atoms. The molecule has 0 N–H and O–H groups in total. The quantitative estimate of drug-likeness (QED) is 0.680. The predicted molar refractivity (Wildman–Crippen MR) is 73.5 cm³/mol. The van der Waals surface area contributed by atoms with Crippen LogP contribution in [0.3, 0.4) is 0 Å². The van der Waals surface area contributed by atoms with Crippen LogP contribution in [0.25, 0.3) is 10.2 Å². The van der Waals surface area contributed by atoms with Crippen molar-refractivity contribution in [3.05, 3.63) is 39.3 Å². The van der Waals surface area contributed by atoms with Gasteiger partial charge in [0.15, 0.2) is 5.82 Å². The number of fused-ring (bicyclic) bond motifs is 1. The van der Waals surface area contributed by atoms with Crippen LogP contribution in [-0.4, -0.2) is 19.7 Å². The first-order chi connectivity index (χ1) is 8.65. The van der Waals surface area contributed by atoms with Crippen molar-refractivity contribution >= 4 is 44.8 Å². The topological polar surface area (TPSA) is 43.6 Å². The van der Waals surface area contributed by atoms with Gasteiger partial charge < -0.3 is 0 Å². The minimum Gasteiger partial charge on any atom is -0.261 e. The van der Waals surface area contributed by atoms with Gasteiger partial charge in [-0.3, -0.25) is 4.68 Å².